The van der Waals surface area contributed by atoms with Gasteiger partial charge in [0.2, 0.25) is 5.91 Å². The number of hydrogen-bond donors (Lipinski definition) is 3. The van der Waals surface area contributed by atoms with Crippen LogP contribution >= 0.6 is 0 Å². The number of amides is 1. The van der Waals surface area contributed by atoms with Crippen molar-refractivity contribution in [3.63, 3.8) is 0 Å². The van der Waals surface area contributed by atoms with Crippen LogP contribution in [0.4, 0.5) is 0 Å². The summed E-state index contributed by atoms with van der Waals surface area (Å²) in [6, 6.07) is 7.33. The van der Waals surface area contributed by atoms with Gasteiger partial charge < -0.3 is 15.8 Å². The van der Waals surface area contributed by atoms with Crippen LogP contribution in [-0.4, -0.2) is 18.9 Å². The maximum atomic E-state index is 11.4. The number of carbonyl (C=O) groups excluding carboxylic acids is 1. The second-order valence-corrected chi connectivity index (χ2v) is 3.76. The Bertz CT molecular complexity index is 401. The average Bonchev–Trinajstić information content (AvgIpc) is 2.28. The smallest absolute Gasteiger partial charge is 0.228 e. The molecule has 92 valence electrons. The van der Waals surface area contributed by atoms with E-state index in [0.29, 0.717) is 0 Å². The molecule has 1 aromatic carbocycles. The van der Waals surface area contributed by atoms with Crippen molar-refractivity contribution in [2.45, 2.75) is 19.4 Å². The molecule has 0 heterocycles. The fourth-order valence-corrected chi connectivity index (χ4v) is 1.44. The van der Waals surface area contributed by atoms with Crippen LogP contribution < -0.4 is 15.8 Å². The zero-order valence-electron chi connectivity index (χ0n) is 9.99. The van der Waals surface area contributed by atoms with Gasteiger partial charge in [-0.3, -0.25) is 10.2 Å². The Hall–Kier alpha value is -2.04. The molecule has 0 radical (unpaired) electrons. The predicted molar refractivity (Wildman–Crippen MR) is 66.1 cm³/mol. The van der Waals surface area contributed by atoms with E-state index in [-0.39, 0.29) is 24.2 Å². The van der Waals surface area contributed by atoms with E-state index in [0.717, 1.165) is 11.3 Å². The zero-order valence-corrected chi connectivity index (χ0v) is 9.99. The van der Waals surface area contributed by atoms with E-state index >= 15 is 0 Å². The molecule has 1 aromatic rings. The van der Waals surface area contributed by atoms with Crippen molar-refractivity contribution >= 4 is 11.7 Å². The first-order chi connectivity index (χ1) is 8.02. The van der Waals surface area contributed by atoms with Crippen molar-refractivity contribution < 1.29 is 9.53 Å². The highest BCUT2D eigenvalue weighted by molar-refractivity contribution is 5.97. The van der Waals surface area contributed by atoms with E-state index in [9.17, 15) is 4.79 Å². The molecule has 4 N–H and O–H groups in total. The lowest BCUT2D eigenvalue weighted by Gasteiger charge is -2.14. The Morgan fingerprint density at radius 2 is 2.06 bits per heavy atom. The molecule has 0 bridgehead atoms. The summed E-state index contributed by atoms with van der Waals surface area (Å²) < 4.78 is 5.05. The van der Waals surface area contributed by atoms with Crippen molar-refractivity contribution in [2.75, 3.05) is 7.11 Å². The molecule has 0 aliphatic rings. The third-order valence-corrected chi connectivity index (χ3v) is 2.34. The van der Waals surface area contributed by atoms with Crippen molar-refractivity contribution in [1.82, 2.24) is 5.32 Å². The van der Waals surface area contributed by atoms with E-state index in [2.05, 4.69) is 5.32 Å². The minimum absolute atomic E-state index is 0.0690. The molecule has 1 unspecified atom stereocenters. The van der Waals surface area contributed by atoms with E-state index in [1.165, 1.54) is 0 Å². The maximum Gasteiger partial charge on any atom is 0.228 e. The number of nitrogens with one attached hydrogen (secondary N) is 2. The summed E-state index contributed by atoms with van der Waals surface area (Å²) >= 11 is 0. The summed E-state index contributed by atoms with van der Waals surface area (Å²) in [6.45, 7) is 1.87. The van der Waals surface area contributed by atoms with Crippen molar-refractivity contribution in [3.8, 4) is 5.75 Å². The number of amidine groups is 1. The summed E-state index contributed by atoms with van der Waals surface area (Å²) in [4.78, 5) is 11.4. The van der Waals surface area contributed by atoms with Gasteiger partial charge in [0.25, 0.3) is 0 Å². The lowest BCUT2D eigenvalue weighted by molar-refractivity contribution is -0.120. The molecule has 5 heteroatoms. The molecular formula is C12H17N3O2. The van der Waals surface area contributed by atoms with Gasteiger partial charge in [-0.15, -0.1) is 0 Å². The van der Waals surface area contributed by atoms with Crippen LogP contribution in [0.15, 0.2) is 24.3 Å². The molecule has 17 heavy (non-hydrogen) atoms. The van der Waals surface area contributed by atoms with Gasteiger partial charge in [0.15, 0.2) is 0 Å². The van der Waals surface area contributed by atoms with Crippen LogP contribution in [-0.2, 0) is 4.79 Å². The van der Waals surface area contributed by atoms with Crippen molar-refractivity contribution in [2.24, 2.45) is 5.73 Å². The second-order valence-electron chi connectivity index (χ2n) is 3.76. The molecule has 1 rings (SSSR count). The van der Waals surface area contributed by atoms with E-state index in [1.54, 1.807) is 7.11 Å². The van der Waals surface area contributed by atoms with Gasteiger partial charge in [-0.1, -0.05) is 12.1 Å². The van der Waals surface area contributed by atoms with Gasteiger partial charge in [0.05, 0.1) is 25.4 Å². The lowest BCUT2D eigenvalue weighted by Crippen LogP contribution is -2.30. The Morgan fingerprint density at radius 1 is 1.47 bits per heavy atom. The quantitative estimate of drug-likeness (QED) is 0.529. The van der Waals surface area contributed by atoms with Crippen LogP contribution in [0.3, 0.4) is 0 Å². The Labute approximate surface area is 100 Å². The standard InChI is InChI=1S/C12H17N3O2/c1-8(15-12(16)7-11(13)14)9-3-5-10(17-2)6-4-9/h3-6,8H,7H2,1-2H3,(H3,13,14)(H,15,16). The highest BCUT2D eigenvalue weighted by atomic mass is 16.5. The fourth-order valence-electron chi connectivity index (χ4n) is 1.44. The number of methoxy groups -OCH3 is 1. The molecule has 0 aliphatic carbocycles. The molecule has 0 aromatic heterocycles. The number of carbonyl (C=O) groups is 1. The normalized spacial score (nSPS) is 11.6. The molecule has 1 atom stereocenters. The number of ether oxygens (including phenoxy) is 1. The summed E-state index contributed by atoms with van der Waals surface area (Å²) in [6.07, 6.45) is -0.0690. The Morgan fingerprint density at radius 3 is 2.53 bits per heavy atom. The molecular weight excluding hydrogens is 218 g/mol. The van der Waals surface area contributed by atoms with Gasteiger partial charge in [0, 0.05) is 0 Å². The zero-order chi connectivity index (χ0) is 12.8. The first-order valence-electron chi connectivity index (χ1n) is 5.29. The number of rotatable bonds is 5. The predicted octanol–water partition coefficient (Wildman–Crippen LogP) is 1.20. The van der Waals surface area contributed by atoms with Gasteiger partial charge in [-0.25, -0.2) is 0 Å². The third kappa shape index (κ3) is 4.14. The highest BCUT2D eigenvalue weighted by Crippen LogP contribution is 2.17. The molecule has 0 spiro atoms. The maximum absolute atomic E-state index is 11.4. The van der Waals surface area contributed by atoms with Crippen LogP contribution in [0.2, 0.25) is 0 Å². The summed E-state index contributed by atoms with van der Waals surface area (Å²) in [7, 11) is 1.60. The van der Waals surface area contributed by atoms with Crippen molar-refractivity contribution in [1.29, 1.82) is 5.41 Å². The van der Waals surface area contributed by atoms with Gasteiger partial charge in [-0.05, 0) is 24.6 Å². The van der Waals surface area contributed by atoms with Crippen molar-refractivity contribution in [3.05, 3.63) is 29.8 Å². The van der Waals surface area contributed by atoms with Crippen LogP contribution in [0.25, 0.3) is 0 Å². The average molecular weight is 235 g/mol. The largest absolute Gasteiger partial charge is 0.497 e. The SMILES string of the molecule is COc1ccc(C(C)NC(=O)CC(=N)N)cc1. The van der Waals surface area contributed by atoms with Crippen LogP contribution in [0.5, 0.6) is 5.75 Å². The molecule has 1 amide bonds. The van der Waals surface area contributed by atoms with Gasteiger partial charge in [-0.2, -0.15) is 0 Å². The van der Waals surface area contributed by atoms with E-state index < -0.39 is 0 Å². The lowest BCUT2D eigenvalue weighted by atomic mass is 10.1. The molecule has 0 saturated heterocycles. The molecule has 0 saturated carbocycles. The van der Waals surface area contributed by atoms with E-state index in [4.69, 9.17) is 15.9 Å². The monoisotopic (exact) mass is 235 g/mol. The third-order valence-electron chi connectivity index (χ3n) is 2.34. The first kappa shape index (κ1) is 13.0. The Kier molecular flexibility index (Phi) is 4.51. The van der Waals surface area contributed by atoms with Crippen LogP contribution in [0.1, 0.15) is 24.9 Å². The topological polar surface area (TPSA) is 88.2 Å². The summed E-state index contributed by atoms with van der Waals surface area (Å²) in [5, 5.41) is 9.79. The highest BCUT2D eigenvalue weighted by Gasteiger charge is 2.10. The van der Waals surface area contributed by atoms with Crippen LogP contribution in [0, 0.1) is 5.41 Å². The minimum Gasteiger partial charge on any atom is -0.497 e. The number of nitrogens with two attached hydrogens (primary N) is 1. The fraction of sp³-hybridized carbons (Fsp3) is 0.333. The second kappa shape index (κ2) is 5.89. The van der Waals surface area contributed by atoms with Gasteiger partial charge >= 0.3 is 0 Å². The number of benzene rings is 1. The summed E-state index contributed by atoms with van der Waals surface area (Å²) in [5.41, 5.74) is 6.13. The summed E-state index contributed by atoms with van der Waals surface area (Å²) in [5.74, 6) is 0.390. The molecule has 0 fully saturated rings. The Balaban J connectivity index is 2.59. The minimum atomic E-state index is -0.249. The number of hydrogen-bond acceptors (Lipinski definition) is 3. The first-order valence-corrected chi connectivity index (χ1v) is 5.29. The van der Waals surface area contributed by atoms with E-state index in [1.807, 2.05) is 31.2 Å². The molecule has 0 aliphatic heterocycles. The molecule has 5 nitrogen and oxygen atoms in total. The van der Waals surface area contributed by atoms with Gasteiger partial charge in [0.1, 0.15) is 5.75 Å².